The molecular weight excluding hydrogens is 256 g/mol. The lowest BCUT2D eigenvalue weighted by molar-refractivity contribution is 0.291. The molecule has 2 rings (SSSR count). The fourth-order valence-corrected chi connectivity index (χ4v) is 1.71. The minimum Gasteiger partial charge on any atom is -0.490 e. The second kappa shape index (κ2) is 7.55. The molecule has 108 valence electrons. The number of hydrogen-bond acceptors (Lipinski definition) is 5. The third kappa shape index (κ3) is 3.99. The molecule has 1 aromatic heterocycles. The van der Waals surface area contributed by atoms with Crippen LogP contribution in [0.3, 0.4) is 0 Å². The third-order valence-electron chi connectivity index (χ3n) is 2.61. The topological polar surface area (TPSA) is 56.5 Å². The van der Waals surface area contributed by atoms with Crippen molar-refractivity contribution in [2.24, 2.45) is 0 Å². The summed E-state index contributed by atoms with van der Waals surface area (Å²) in [5.74, 6) is 1.28. The smallest absolute Gasteiger partial charge is 0.399 e. The van der Waals surface area contributed by atoms with Crippen molar-refractivity contribution in [1.82, 2.24) is 10.3 Å². The van der Waals surface area contributed by atoms with E-state index in [-0.39, 0.29) is 6.08 Å². The van der Waals surface area contributed by atoms with E-state index in [9.17, 15) is 0 Å². The van der Waals surface area contributed by atoms with Gasteiger partial charge < -0.3 is 19.2 Å². The highest BCUT2D eigenvalue weighted by Crippen LogP contribution is 2.30. The van der Waals surface area contributed by atoms with E-state index < -0.39 is 0 Å². The van der Waals surface area contributed by atoms with E-state index in [4.69, 9.17) is 13.9 Å². The Morgan fingerprint density at radius 2 is 2.00 bits per heavy atom. The van der Waals surface area contributed by atoms with Crippen molar-refractivity contribution in [3.63, 3.8) is 0 Å². The van der Waals surface area contributed by atoms with Gasteiger partial charge in [-0.2, -0.15) is 4.98 Å². The number of hydrogen-bond donors (Lipinski definition) is 1. The molecule has 2 aromatic rings. The van der Waals surface area contributed by atoms with Crippen LogP contribution in [0.15, 0.2) is 34.9 Å². The van der Waals surface area contributed by atoms with Crippen LogP contribution in [-0.2, 0) is 6.54 Å². The minimum atomic E-state index is 0.227. The molecule has 0 amide bonds. The summed E-state index contributed by atoms with van der Waals surface area (Å²) in [6.07, 6.45) is 2.91. The van der Waals surface area contributed by atoms with Crippen LogP contribution in [0.2, 0.25) is 0 Å². The average Bonchev–Trinajstić information content (AvgIpc) is 2.89. The maximum absolute atomic E-state index is 5.62. The van der Waals surface area contributed by atoms with Crippen molar-refractivity contribution in [2.75, 3.05) is 13.2 Å². The van der Waals surface area contributed by atoms with Gasteiger partial charge in [0.15, 0.2) is 11.5 Å². The van der Waals surface area contributed by atoms with E-state index in [0.29, 0.717) is 24.7 Å². The molecule has 0 radical (unpaired) electrons. The first kappa shape index (κ1) is 14.4. The zero-order valence-corrected chi connectivity index (χ0v) is 11.9. The van der Waals surface area contributed by atoms with Gasteiger partial charge in [0.2, 0.25) is 0 Å². The molecule has 0 fully saturated rings. The molecule has 0 unspecified atom stereocenters. The number of nitrogens with zero attached hydrogens (tertiary/aromatic N) is 1. The Labute approximate surface area is 118 Å². The van der Waals surface area contributed by atoms with Crippen molar-refractivity contribution >= 4 is 0 Å². The zero-order chi connectivity index (χ0) is 14.2. The highest BCUT2D eigenvalue weighted by Gasteiger charge is 2.10. The van der Waals surface area contributed by atoms with Gasteiger partial charge in [0.1, 0.15) is 6.26 Å². The maximum atomic E-state index is 5.62. The van der Waals surface area contributed by atoms with Crippen LogP contribution in [0, 0.1) is 0 Å². The lowest BCUT2D eigenvalue weighted by Gasteiger charge is -2.08. The van der Waals surface area contributed by atoms with Gasteiger partial charge in [-0.3, -0.25) is 0 Å². The normalized spacial score (nSPS) is 10.5. The molecule has 0 saturated heterocycles. The summed E-state index contributed by atoms with van der Waals surface area (Å²) in [7, 11) is 0. The summed E-state index contributed by atoms with van der Waals surface area (Å²) in [6, 6.07) is 7.45. The van der Waals surface area contributed by atoms with Gasteiger partial charge in [-0.25, -0.2) is 0 Å². The molecule has 1 aromatic carbocycles. The molecular formula is C15H20N2O3. The fraction of sp³-hybridized carbons (Fsp3) is 0.400. The molecule has 5 heteroatoms. The predicted octanol–water partition coefficient (Wildman–Crippen LogP) is 3.37. The van der Waals surface area contributed by atoms with Crippen LogP contribution < -0.4 is 14.8 Å². The Morgan fingerprint density at radius 1 is 1.20 bits per heavy atom. The molecule has 0 saturated carbocycles. The number of para-hydroxylation sites is 2. The standard InChI is InChI=1S/C15H20N2O3/c1-3-9-16-10-12-11-19-15(17-12)20-14-8-6-5-7-13(14)18-4-2/h5-8,11,16H,3-4,9-10H2,1-2H3. The van der Waals surface area contributed by atoms with Gasteiger partial charge in [0.25, 0.3) is 0 Å². The molecule has 0 aliphatic rings. The summed E-state index contributed by atoms with van der Waals surface area (Å²) in [4.78, 5) is 4.27. The lowest BCUT2D eigenvalue weighted by Crippen LogP contribution is -2.13. The van der Waals surface area contributed by atoms with Gasteiger partial charge in [-0.1, -0.05) is 19.1 Å². The molecule has 0 aliphatic heterocycles. The van der Waals surface area contributed by atoms with Crippen molar-refractivity contribution in [2.45, 2.75) is 26.8 Å². The van der Waals surface area contributed by atoms with Crippen molar-refractivity contribution in [3.05, 3.63) is 36.2 Å². The number of nitrogens with one attached hydrogen (secondary N) is 1. The lowest BCUT2D eigenvalue weighted by atomic mass is 10.3. The second-order valence-corrected chi connectivity index (χ2v) is 4.26. The Balaban J connectivity index is 1.99. The second-order valence-electron chi connectivity index (χ2n) is 4.26. The molecule has 0 atom stereocenters. The van der Waals surface area contributed by atoms with E-state index in [2.05, 4.69) is 17.2 Å². The maximum Gasteiger partial charge on any atom is 0.399 e. The highest BCUT2D eigenvalue weighted by atomic mass is 16.6. The molecule has 0 aliphatic carbocycles. The van der Waals surface area contributed by atoms with Crippen LogP contribution in [-0.4, -0.2) is 18.1 Å². The summed E-state index contributed by atoms with van der Waals surface area (Å²) < 4.78 is 16.4. The Morgan fingerprint density at radius 3 is 2.75 bits per heavy atom. The summed E-state index contributed by atoms with van der Waals surface area (Å²) in [6.45, 7) is 6.26. The van der Waals surface area contributed by atoms with Crippen LogP contribution in [0.1, 0.15) is 26.0 Å². The van der Waals surface area contributed by atoms with Crippen LogP contribution in [0.5, 0.6) is 17.6 Å². The zero-order valence-electron chi connectivity index (χ0n) is 11.9. The SMILES string of the molecule is CCCNCc1coc(Oc2ccccc2OCC)n1. The Hall–Kier alpha value is -2.01. The number of aromatic nitrogens is 1. The van der Waals surface area contributed by atoms with Gasteiger partial charge in [-0.05, 0) is 32.0 Å². The Bertz CT molecular complexity index is 525. The number of oxazole rings is 1. The fourth-order valence-electron chi connectivity index (χ4n) is 1.71. The molecule has 1 N–H and O–H groups in total. The number of rotatable bonds is 8. The monoisotopic (exact) mass is 276 g/mol. The summed E-state index contributed by atoms with van der Waals surface area (Å²) >= 11 is 0. The van der Waals surface area contributed by atoms with E-state index in [1.165, 1.54) is 0 Å². The van der Waals surface area contributed by atoms with E-state index >= 15 is 0 Å². The van der Waals surface area contributed by atoms with Gasteiger partial charge in [0.05, 0.1) is 12.3 Å². The highest BCUT2D eigenvalue weighted by molar-refractivity contribution is 5.40. The van der Waals surface area contributed by atoms with E-state index in [0.717, 1.165) is 18.7 Å². The quantitative estimate of drug-likeness (QED) is 0.749. The van der Waals surface area contributed by atoms with Gasteiger partial charge in [-0.15, -0.1) is 0 Å². The van der Waals surface area contributed by atoms with Crippen LogP contribution in [0.25, 0.3) is 0 Å². The molecule has 0 bridgehead atoms. The van der Waals surface area contributed by atoms with Crippen molar-refractivity contribution in [1.29, 1.82) is 0 Å². The van der Waals surface area contributed by atoms with Crippen molar-refractivity contribution < 1.29 is 13.9 Å². The van der Waals surface area contributed by atoms with Crippen LogP contribution in [0.4, 0.5) is 0 Å². The number of ether oxygens (including phenoxy) is 2. The average molecular weight is 276 g/mol. The summed E-state index contributed by atoms with van der Waals surface area (Å²) in [5, 5.41) is 3.26. The van der Waals surface area contributed by atoms with Crippen molar-refractivity contribution in [3.8, 4) is 17.6 Å². The van der Waals surface area contributed by atoms with Gasteiger partial charge in [0, 0.05) is 6.54 Å². The molecule has 1 heterocycles. The summed E-state index contributed by atoms with van der Waals surface area (Å²) in [5.41, 5.74) is 0.822. The first-order chi connectivity index (χ1) is 9.83. The molecule has 20 heavy (non-hydrogen) atoms. The minimum absolute atomic E-state index is 0.227. The molecule has 0 spiro atoms. The van der Waals surface area contributed by atoms with Crippen LogP contribution >= 0.6 is 0 Å². The first-order valence-electron chi connectivity index (χ1n) is 6.88. The van der Waals surface area contributed by atoms with E-state index in [1.807, 2.05) is 31.2 Å². The number of benzene rings is 1. The predicted molar refractivity (Wildman–Crippen MR) is 76.2 cm³/mol. The third-order valence-corrected chi connectivity index (χ3v) is 2.61. The Kier molecular flexibility index (Phi) is 5.43. The van der Waals surface area contributed by atoms with E-state index in [1.54, 1.807) is 6.26 Å². The molecule has 5 nitrogen and oxygen atoms in total. The largest absolute Gasteiger partial charge is 0.490 e. The first-order valence-corrected chi connectivity index (χ1v) is 6.88. The van der Waals surface area contributed by atoms with Gasteiger partial charge >= 0.3 is 6.08 Å².